The molecule has 0 atom stereocenters. The van der Waals surface area contributed by atoms with Crippen LogP contribution in [0.25, 0.3) is 11.5 Å². The Morgan fingerprint density at radius 2 is 1.87 bits per heavy atom. The van der Waals surface area contributed by atoms with Gasteiger partial charge in [0, 0.05) is 50.6 Å². The highest BCUT2D eigenvalue weighted by Crippen LogP contribution is 2.36. The van der Waals surface area contributed by atoms with E-state index in [1.165, 1.54) is 30.0 Å². The molecule has 0 aromatic carbocycles. The van der Waals surface area contributed by atoms with Crippen molar-refractivity contribution in [3.05, 3.63) is 42.2 Å². The number of rotatable bonds is 12. The average Bonchev–Trinajstić information content (AvgIpc) is 3.64. The van der Waals surface area contributed by atoms with Crippen LogP contribution in [0.15, 0.2) is 35.2 Å². The van der Waals surface area contributed by atoms with Crippen molar-refractivity contribution in [1.29, 1.82) is 0 Å². The van der Waals surface area contributed by atoms with Crippen molar-refractivity contribution < 1.29 is 22.8 Å². The van der Waals surface area contributed by atoms with Gasteiger partial charge in [0.15, 0.2) is 11.4 Å². The van der Waals surface area contributed by atoms with E-state index in [0.29, 0.717) is 37.3 Å². The number of pyridine rings is 1. The molecule has 46 heavy (non-hydrogen) atoms. The summed E-state index contributed by atoms with van der Waals surface area (Å²) >= 11 is 0. The fourth-order valence-electron chi connectivity index (χ4n) is 6.74. The quantitative estimate of drug-likeness (QED) is 0.260. The fourth-order valence-corrected chi connectivity index (χ4v) is 6.74. The number of nitrogens with zero attached hydrogens (tertiary/aromatic N) is 6. The normalized spacial score (nSPS) is 20.5. The molecule has 11 nitrogen and oxygen atoms in total. The van der Waals surface area contributed by atoms with E-state index in [-0.39, 0.29) is 35.1 Å². The smallest absolute Gasteiger partial charge is 0.284 e. The number of anilines is 2. The van der Waals surface area contributed by atoms with E-state index in [0.717, 1.165) is 57.1 Å². The van der Waals surface area contributed by atoms with Gasteiger partial charge in [-0.25, -0.2) is 18.7 Å². The minimum atomic E-state index is -2.88. The molecule has 3 aromatic rings. The first-order valence-electron chi connectivity index (χ1n) is 16.6. The number of oxazole rings is 1. The van der Waals surface area contributed by atoms with Gasteiger partial charge in [0.25, 0.3) is 12.3 Å². The molecule has 6 rings (SSSR count). The summed E-state index contributed by atoms with van der Waals surface area (Å²) in [6.07, 6.45) is 10.9. The molecule has 2 saturated carbocycles. The first-order valence-corrected chi connectivity index (χ1v) is 16.6. The molecule has 0 bridgehead atoms. The van der Waals surface area contributed by atoms with Crippen LogP contribution in [-0.2, 0) is 4.79 Å². The highest BCUT2D eigenvalue weighted by Gasteiger charge is 2.31. The summed E-state index contributed by atoms with van der Waals surface area (Å²) < 4.78 is 35.1. The molecule has 2 aliphatic carbocycles. The molecule has 0 unspecified atom stereocenters. The maximum Gasteiger partial charge on any atom is 0.284 e. The number of aromatic nitrogens is 4. The van der Waals surface area contributed by atoms with Crippen molar-refractivity contribution in [2.45, 2.75) is 82.7 Å². The molecule has 13 heteroatoms. The number of alkyl halides is 2. The molecule has 3 aromatic heterocycles. The lowest BCUT2D eigenvalue weighted by atomic mass is 9.85. The van der Waals surface area contributed by atoms with Gasteiger partial charge in [0.1, 0.15) is 12.1 Å². The summed E-state index contributed by atoms with van der Waals surface area (Å²) in [5.41, 5.74) is 0.0741. The molecule has 2 amide bonds. The Kier molecular flexibility index (Phi) is 9.95. The predicted molar refractivity (Wildman–Crippen MR) is 170 cm³/mol. The molecule has 0 radical (unpaired) electrons. The standard InChI is InChI=1S/C33H44F2N8O3/c1-41(17-3-4-21-11-14-36-15-12-21)33(45)22-5-7-25(8-6-22)43-19-26(29(40-43)30(34)35)38-31(44)27-20-46-32(39-27)23-13-16-37-28(18-23)42(2)24-9-10-24/h13,16,18-22,24-25,30,36H,3-12,14-15,17H2,1-2H3,(H,38,44). The summed E-state index contributed by atoms with van der Waals surface area (Å²) in [6.45, 7) is 2.93. The Balaban J connectivity index is 1.03. The zero-order valence-electron chi connectivity index (χ0n) is 26.6. The van der Waals surface area contributed by atoms with Gasteiger partial charge in [-0.15, -0.1) is 0 Å². The Labute approximate surface area is 268 Å². The van der Waals surface area contributed by atoms with Crippen LogP contribution in [0.4, 0.5) is 20.3 Å². The maximum atomic E-state index is 14.0. The predicted octanol–water partition coefficient (Wildman–Crippen LogP) is 5.69. The van der Waals surface area contributed by atoms with Gasteiger partial charge in [-0.1, -0.05) is 0 Å². The Morgan fingerprint density at radius 3 is 2.59 bits per heavy atom. The summed E-state index contributed by atoms with van der Waals surface area (Å²) in [7, 11) is 3.87. The molecule has 4 heterocycles. The maximum absolute atomic E-state index is 14.0. The van der Waals surface area contributed by atoms with Crippen LogP contribution in [0, 0.1) is 11.8 Å². The van der Waals surface area contributed by atoms with Crippen LogP contribution in [0.1, 0.15) is 92.9 Å². The van der Waals surface area contributed by atoms with E-state index in [1.807, 2.05) is 25.1 Å². The number of piperidine rings is 1. The molecular weight excluding hydrogens is 594 g/mol. The third kappa shape index (κ3) is 7.56. The lowest BCUT2D eigenvalue weighted by Crippen LogP contribution is -2.36. The zero-order valence-corrected chi connectivity index (χ0v) is 26.6. The van der Waals surface area contributed by atoms with Crippen LogP contribution in [0.2, 0.25) is 0 Å². The molecule has 0 spiro atoms. The van der Waals surface area contributed by atoms with Gasteiger partial charge in [0.2, 0.25) is 11.8 Å². The number of amides is 2. The third-order valence-electron chi connectivity index (χ3n) is 9.76. The highest BCUT2D eigenvalue weighted by atomic mass is 19.3. The first-order chi connectivity index (χ1) is 22.3. The van der Waals surface area contributed by atoms with Crippen molar-refractivity contribution in [3.8, 4) is 11.5 Å². The molecule has 2 N–H and O–H groups in total. The summed E-state index contributed by atoms with van der Waals surface area (Å²) in [5, 5.41) is 10.1. The van der Waals surface area contributed by atoms with Gasteiger partial charge < -0.3 is 24.9 Å². The minimum absolute atomic E-state index is 0.0317. The molecule has 3 aliphatic rings. The molecular formula is C33H44F2N8O3. The number of carbonyl (C=O) groups is 2. The van der Waals surface area contributed by atoms with E-state index in [9.17, 15) is 18.4 Å². The van der Waals surface area contributed by atoms with E-state index in [2.05, 4.69) is 30.6 Å². The Bertz CT molecular complexity index is 1490. The van der Waals surface area contributed by atoms with Crippen LogP contribution >= 0.6 is 0 Å². The number of halogens is 2. The van der Waals surface area contributed by atoms with Crippen LogP contribution in [-0.4, -0.2) is 76.2 Å². The Hall–Kier alpha value is -3.87. The van der Waals surface area contributed by atoms with E-state index < -0.39 is 18.0 Å². The summed E-state index contributed by atoms with van der Waals surface area (Å²) in [6, 6.07) is 3.93. The second-order valence-corrected chi connectivity index (χ2v) is 13.0. The number of carbonyl (C=O) groups excluding carboxylic acids is 2. The van der Waals surface area contributed by atoms with Crippen molar-refractivity contribution in [3.63, 3.8) is 0 Å². The monoisotopic (exact) mass is 638 g/mol. The third-order valence-corrected chi connectivity index (χ3v) is 9.76. The van der Waals surface area contributed by atoms with Crippen LogP contribution in [0.5, 0.6) is 0 Å². The number of hydrogen-bond acceptors (Lipinski definition) is 8. The summed E-state index contributed by atoms with van der Waals surface area (Å²) in [4.78, 5) is 38.9. The minimum Gasteiger partial charge on any atom is -0.444 e. The summed E-state index contributed by atoms with van der Waals surface area (Å²) in [5.74, 6) is 1.19. The van der Waals surface area contributed by atoms with Crippen molar-refractivity contribution >= 4 is 23.3 Å². The lowest BCUT2D eigenvalue weighted by molar-refractivity contribution is -0.135. The molecule has 248 valence electrons. The second kappa shape index (κ2) is 14.3. The van der Waals surface area contributed by atoms with E-state index in [1.54, 1.807) is 12.3 Å². The first kappa shape index (κ1) is 32.1. The molecule has 1 saturated heterocycles. The van der Waals surface area contributed by atoms with Crippen LogP contribution < -0.4 is 15.5 Å². The van der Waals surface area contributed by atoms with Gasteiger partial charge in [-0.05, 0) is 95.3 Å². The second-order valence-electron chi connectivity index (χ2n) is 13.0. The largest absolute Gasteiger partial charge is 0.444 e. The number of hydrogen-bond donors (Lipinski definition) is 2. The van der Waals surface area contributed by atoms with Gasteiger partial charge >= 0.3 is 0 Å². The topological polar surface area (TPSA) is 121 Å². The van der Waals surface area contributed by atoms with Gasteiger partial charge in [-0.2, -0.15) is 5.10 Å². The van der Waals surface area contributed by atoms with Crippen molar-refractivity contribution in [2.24, 2.45) is 11.8 Å². The van der Waals surface area contributed by atoms with Crippen LogP contribution in [0.3, 0.4) is 0 Å². The molecule has 3 fully saturated rings. The number of nitrogens with one attached hydrogen (secondary N) is 2. The van der Waals surface area contributed by atoms with E-state index >= 15 is 0 Å². The average molecular weight is 639 g/mol. The SMILES string of the molecule is CN(CCCC1CCNCC1)C(=O)C1CCC(n2cc(NC(=O)c3coc(-c4ccnc(N(C)C5CC5)c4)n3)c(C(F)F)n2)CC1. The molecule has 1 aliphatic heterocycles. The Morgan fingerprint density at radius 1 is 1.11 bits per heavy atom. The van der Waals surface area contributed by atoms with E-state index in [4.69, 9.17) is 4.42 Å². The zero-order chi connectivity index (χ0) is 32.2. The van der Waals surface area contributed by atoms with Crippen molar-refractivity contribution in [2.75, 3.05) is 43.9 Å². The van der Waals surface area contributed by atoms with Crippen molar-refractivity contribution in [1.82, 2.24) is 30.0 Å². The fraction of sp³-hybridized carbons (Fsp3) is 0.606. The van der Waals surface area contributed by atoms with Gasteiger partial charge in [0.05, 0.1) is 11.7 Å². The lowest BCUT2D eigenvalue weighted by Gasteiger charge is -2.31. The highest BCUT2D eigenvalue weighted by molar-refractivity contribution is 6.03. The van der Waals surface area contributed by atoms with Gasteiger partial charge in [-0.3, -0.25) is 14.3 Å².